The summed E-state index contributed by atoms with van der Waals surface area (Å²) in [7, 11) is 0. The Balaban J connectivity index is 4.35. The zero-order valence-corrected chi connectivity index (χ0v) is 12.1. The van der Waals surface area contributed by atoms with Crippen LogP contribution < -0.4 is 0 Å². The van der Waals surface area contributed by atoms with Gasteiger partial charge in [-0.1, -0.05) is 39.8 Å². The molecular weight excluding hydrogens is 206 g/mol. The summed E-state index contributed by atoms with van der Waals surface area (Å²) in [6, 6.07) is 0. The lowest BCUT2D eigenvalue weighted by Crippen LogP contribution is -2.49. The minimum Gasteiger partial charge on any atom is -0.317 e. The van der Waals surface area contributed by atoms with E-state index in [2.05, 4.69) is 39.2 Å². The zero-order chi connectivity index (χ0) is 13.0. The van der Waals surface area contributed by atoms with E-state index in [-0.39, 0.29) is 0 Å². The fourth-order valence-electron chi connectivity index (χ4n) is 2.49. The normalized spacial score (nSPS) is 11.4. The van der Waals surface area contributed by atoms with E-state index in [1.165, 1.54) is 56.1 Å². The van der Waals surface area contributed by atoms with Gasteiger partial charge in [0.25, 0.3) is 0 Å². The van der Waals surface area contributed by atoms with Gasteiger partial charge in [0.1, 0.15) is 0 Å². The highest BCUT2D eigenvalue weighted by atomic mass is 15.3. The maximum Gasteiger partial charge on any atom is 0.0973 e. The van der Waals surface area contributed by atoms with Gasteiger partial charge in [-0.05, 0) is 37.8 Å². The molecule has 100 valence electrons. The highest BCUT2D eigenvalue weighted by molar-refractivity contribution is 4.72. The summed E-state index contributed by atoms with van der Waals surface area (Å²) in [4.78, 5) is 0. The second kappa shape index (κ2) is 10.6. The molecule has 0 heterocycles. The molecule has 0 spiro atoms. The van der Waals surface area contributed by atoms with Crippen LogP contribution in [0.1, 0.15) is 52.4 Å². The molecule has 0 aliphatic rings. The van der Waals surface area contributed by atoms with E-state index in [1.807, 2.05) is 0 Å². The van der Waals surface area contributed by atoms with Crippen molar-refractivity contribution in [2.24, 2.45) is 0 Å². The van der Waals surface area contributed by atoms with Crippen molar-refractivity contribution in [2.75, 3.05) is 26.2 Å². The average molecular weight is 238 g/mol. The number of hydrogen-bond acceptors (Lipinski definition) is 0. The second-order valence-electron chi connectivity index (χ2n) is 5.15. The standard InChI is InChI=1S/C16H32N/c1-5-9-11-15-17(13-7-3,14-8-4)16-12-10-6-2/h7-8H,3-6,9-16H2,1-2H3/q+1. The van der Waals surface area contributed by atoms with E-state index in [1.54, 1.807) is 0 Å². The highest BCUT2D eigenvalue weighted by Crippen LogP contribution is 2.14. The lowest BCUT2D eigenvalue weighted by molar-refractivity contribution is -0.917. The Hall–Kier alpha value is -0.560. The Morgan fingerprint density at radius 2 is 1.18 bits per heavy atom. The highest BCUT2D eigenvalue weighted by Gasteiger charge is 2.23. The molecular formula is C16H32N+. The molecule has 0 amide bonds. The van der Waals surface area contributed by atoms with E-state index in [9.17, 15) is 0 Å². The van der Waals surface area contributed by atoms with Gasteiger partial charge < -0.3 is 4.48 Å². The number of nitrogens with zero attached hydrogens (tertiary/aromatic N) is 1. The number of rotatable bonds is 12. The van der Waals surface area contributed by atoms with Gasteiger partial charge in [-0.15, -0.1) is 0 Å². The van der Waals surface area contributed by atoms with Crippen LogP contribution in [0.4, 0.5) is 0 Å². The van der Waals surface area contributed by atoms with Gasteiger partial charge in [-0.25, -0.2) is 0 Å². The third-order valence-electron chi connectivity index (χ3n) is 3.50. The summed E-state index contributed by atoms with van der Waals surface area (Å²) in [5, 5.41) is 0. The van der Waals surface area contributed by atoms with Crippen molar-refractivity contribution in [2.45, 2.75) is 52.4 Å². The minimum atomic E-state index is 1.10. The van der Waals surface area contributed by atoms with E-state index in [0.29, 0.717) is 0 Å². The molecule has 0 aromatic rings. The van der Waals surface area contributed by atoms with Crippen LogP contribution in [0.3, 0.4) is 0 Å². The molecule has 0 aromatic heterocycles. The van der Waals surface area contributed by atoms with E-state index >= 15 is 0 Å². The molecule has 0 unspecified atom stereocenters. The van der Waals surface area contributed by atoms with Crippen LogP contribution >= 0.6 is 0 Å². The molecule has 0 saturated heterocycles. The van der Waals surface area contributed by atoms with Crippen molar-refractivity contribution >= 4 is 0 Å². The first kappa shape index (κ1) is 16.4. The van der Waals surface area contributed by atoms with Gasteiger partial charge in [0.05, 0.1) is 26.2 Å². The van der Waals surface area contributed by atoms with Crippen LogP contribution in [-0.2, 0) is 0 Å². The Bertz CT molecular complexity index is 174. The number of hydrogen-bond donors (Lipinski definition) is 0. The van der Waals surface area contributed by atoms with Crippen LogP contribution in [0.5, 0.6) is 0 Å². The average Bonchev–Trinajstić information content (AvgIpc) is 2.30. The maximum absolute atomic E-state index is 3.93. The van der Waals surface area contributed by atoms with Gasteiger partial charge in [-0.2, -0.15) is 0 Å². The predicted molar refractivity (Wildman–Crippen MR) is 79.2 cm³/mol. The Morgan fingerprint density at radius 3 is 1.47 bits per heavy atom. The van der Waals surface area contributed by atoms with Crippen LogP contribution in [0.15, 0.2) is 25.3 Å². The summed E-state index contributed by atoms with van der Waals surface area (Å²) in [6.45, 7) is 17.2. The molecule has 0 aromatic carbocycles. The van der Waals surface area contributed by atoms with Gasteiger partial charge >= 0.3 is 0 Å². The van der Waals surface area contributed by atoms with Crippen molar-refractivity contribution in [3.8, 4) is 0 Å². The zero-order valence-electron chi connectivity index (χ0n) is 12.1. The molecule has 0 saturated carbocycles. The van der Waals surface area contributed by atoms with Gasteiger partial charge in [0, 0.05) is 0 Å². The summed E-state index contributed by atoms with van der Waals surface area (Å²) < 4.78 is 1.17. The molecule has 0 radical (unpaired) electrons. The van der Waals surface area contributed by atoms with Gasteiger partial charge in [0.15, 0.2) is 0 Å². The lowest BCUT2D eigenvalue weighted by atomic mass is 10.1. The second-order valence-corrected chi connectivity index (χ2v) is 5.15. The van der Waals surface area contributed by atoms with E-state index in [0.717, 1.165) is 13.1 Å². The summed E-state index contributed by atoms with van der Waals surface area (Å²) in [5.41, 5.74) is 0. The van der Waals surface area contributed by atoms with Crippen LogP contribution in [0.2, 0.25) is 0 Å². The lowest BCUT2D eigenvalue weighted by Gasteiger charge is -2.37. The monoisotopic (exact) mass is 238 g/mol. The Labute approximate surface area is 109 Å². The van der Waals surface area contributed by atoms with Crippen LogP contribution in [0.25, 0.3) is 0 Å². The predicted octanol–water partition coefficient (Wildman–Crippen LogP) is 4.56. The minimum absolute atomic E-state index is 1.10. The maximum atomic E-state index is 3.93. The van der Waals surface area contributed by atoms with Crippen molar-refractivity contribution in [3.63, 3.8) is 0 Å². The third kappa shape index (κ3) is 7.38. The molecule has 0 rings (SSSR count). The molecule has 0 aliphatic carbocycles. The van der Waals surface area contributed by atoms with E-state index in [4.69, 9.17) is 0 Å². The first-order valence-electron chi connectivity index (χ1n) is 7.31. The van der Waals surface area contributed by atoms with E-state index < -0.39 is 0 Å². The molecule has 0 aliphatic heterocycles. The van der Waals surface area contributed by atoms with Crippen molar-refractivity contribution in [3.05, 3.63) is 25.3 Å². The van der Waals surface area contributed by atoms with Crippen LogP contribution in [0, 0.1) is 0 Å². The summed E-state index contributed by atoms with van der Waals surface area (Å²) in [5.74, 6) is 0. The summed E-state index contributed by atoms with van der Waals surface area (Å²) in [6.07, 6.45) is 12.1. The van der Waals surface area contributed by atoms with Crippen molar-refractivity contribution in [1.29, 1.82) is 0 Å². The first-order valence-corrected chi connectivity index (χ1v) is 7.31. The topological polar surface area (TPSA) is 0 Å². The smallest absolute Gasteiger partial charge is 0.0973 e. The van der Waals surface area contributed by atoms with Crippen molar-refractivity contribution in [1.82, 2.24) is 0 Å². The first-order chi connectivity index (χ1) is 8.24. The molecule has 0 bridgehead atoms. The van der Waals surface area contributed by atoms with Gasteiger partial charge in [-0.3, -0.25) is 0 Å². The fraction of sp³-hybridized carbons (Fsp3) is 0.750. The largest absolute Gasteiger partial charge is 0.317 e. The number of quaternary nitrogens is 1. The van der Waals surface area contributed by atoms with Crippen LogP contribution in [-0.4, -0.2) is 30.7 Å². The molecule has 0 fully saturated rings. The van der Waals surface area contributed by atoms with Crippen molar-refractivity contribution < 1.29 is 4.48 Å². The quantitative estimate of drug-likeness (QED) is 0.266. The fourth-order valence-corrected chi connectivity index (χ4v) is 2.49. The molecule has 0 N–H and O–H groups in total. The summed E-state index contributed by atoms with van der Waals surface area (Å²) >= 11 is 0. The Kier molecular flexibility index (Phi) is 10.2. The molecule has 0 atom stereocenters. The molecule has 1 heteroatoms. The third-order valence-corrected chi connectivity index (χ3v) is 3.50. The van der Waals surface area contributed by atoms with Gasteiger partial charge in [0.2, 0.25) is 0 Å². The molecule has 17 heavy (non-hydrogen) atoms. The Morgan fingerprint density at radius 1 is 0.765 bits per heavy atom. The SMILES string of the molecule is C=CC[N+](CC=C)(CCCCC)CCCCC. The number of unbranched alkanes of at least 4 members (excludes halogenated alkanes) is 4. The molecule has 1 nitrogen and oxygen atoms in total.